The number of hydrogen-bond donors (Lipinski definition) is 1. The van der Waals surface area contributed by atoms with E-state index in [4.69, 9.17) is 10.5 Å². The van der Waals surface area contributed by atoms with Crippen LogP contribution in [0, 0.1) is 24.0 Å². The minimum absolute atomic E-state index is 0.0878. The van der Waals surface area contributed by atoms with Crippen molar-refractivity contribution in [2.75, 3.05) is 0 Å². The summed E-state index contributed by atoms with van der Waals surface area (Å²) in [6.07, 6.45) is 0. The Balaban J connectivity index is 2.30. The number of nitro groups is 1. The summed E-state index contributed by atoms with van der Waals surface area (Å²) in [6.45, 7) is 4.07. The highest BCUT2D eigenvalue weighted by Crippen LogP contribution is 2.29. The van der Waals surface area contributed by atoms with Crippen molar-refractivity contribution in [1.29, 1.82) is 0 Å². The molecule has 0 bridgehead atoms. The van der Waals surface area contributed by atoms with Crippen molar-refractivity contribution in [2.24, 2.45) is 5.73 Å². The molecule has 104 valence electrons. The lowest BCUT2D eigenvalue weighted by Gasteiger charge is -2.10. The number of nitrogens with two attached hydrogens (primary N) is 1. The predicted octanol–water partition coefficient (Wildman–Crippen LogP) is 3.46. The lowest BCUT2D eigenvalue weighted by atomic mass is 10.1. The van der Waals surface area contributed by atoms with E-state index in [1.165, 1.54) is 6.07 Å². The maximum Gasteiger partial charge on any atom is 0.272 e. The van der Waals surface area contributed by atoms with Gasteiger partial charge < -0.3 is 10.5 Å². The predicted molar refractivity (Wildman–Crippen MR) is 77.0 cm³/mol. The lowest BCUT2D eigenvalue weighted by molar-refractivity contribution is -0.385. The standard InChI is InChI=1S/C15H16N2O3/c1-10-3-4-12(9-16)8-15(10)20-13-5-6-14(17(18)19)11(2)7-13/h3-8H,9,16H2,1-2H3. The molecule has 0 aliphatic rings. The molecule has 2 aromatic carbocycles. The van der Waals surface area contributed by atoms with Gasteiger partial charge in [0.15, 0.2) is 0 Å². The molecule has 0 saturated heterocycles. The second kappa shape index (κ2) is 5.71. The maximum atomic E-state index is 10.8. The zero-order valence-corrected chi connectivity index (χ0v) is 11.4. The molecule has 0 unspecified atom stereocenters. The number of hydrogen-bond acceptors (Lipinski definition) is 4. The second-order valence-corrected chi connectivity index (χ2v) is 4.61. The van der Waals surface area contributed by atoms with Crippen LogP contribution in [0.5, 0.6) is 11.5 Å². The Morgan fingerprint density at radius 2 is 1.90 bits per heavy atom. The minimum atomic E-state index is -0.403. The largest absolute Gasteiger partial charge is 0.457 e. The first-order chi connectivity index (χ1) is 9.51. The van der Waals surface area contributed by atoms with Gasteiger partial charge in [-0.25, -0.2) is 0 Å². The Labute approximate surface area is 117 Å². The fraction of sp³-hybridized carbons (Fsp3) is 0.200. The number of rotatable bonds is 4. The minimum Gasteiger partial charge on any atom is -0.457 e. The van der Waals surface area contributed by atoms with Crippen molar-refractivity contribution in [3.05, 3.63) is 63.2 Å². The highest BCUT2D eigenvalue weighted by atomic mass is 16.6. The normalized spacial score (nSPS) is 10.3. The Bertz CT molecular complexity index is 654. The number of nitro benzene ring substituents is 1. The molecule has 5 heteroatoms. The van der Waals surface area contributed by atoms with Gasteiger partial charge in [0.05, 0.1) is 4.92 Å². The Morgan fingerprint density at radius 1 is 1.15 bits per heavy atom. The molecule has 0 aromatic heterocycles. The second-order valence-electron chi connectivity index (χ2n) is 4.61. The van der Waals surface area contributed by atoms with E-state index in [9.17, 15) is 10.1 Å². The Hall–Kier alpha value is -2.40. The molecule has 0 radical (unpaired) electrons. The van der Waals surface area contributed by atoms with E-state index in [1.54, 1.807) is 19.1 Å². The quantitative estimate of drug-likeness (QED) is 0.682. The summed E-state index contributed by atoms with van der Waals surface area (Å²) < 4.78 is 5.79. The van der Waals surface area contributed by atoms with E-state index in [-0.39, 0.29) is 5.69 Å². The molecule has 0 heterocycles. The molecule has 2 aromatic rings. The average Bonchev–Trinajstić information content (AvgIpc) is 2.41. The first-order valence-electron chi connectivity index (χ1n) is 6.23. The molecule has 2 rings (SSSR count). The lowest BCUT2D eigenvalue weighted by Crippen LogP contribution is -1.98. The van der Waals surface area contributed by atoms with Crippen LogP contribution in [-0.2, 0) is 6.54 Å². The molecule has 0 aliphatic carbocycles. The number of aryl methyl sites for hydroxylation is 2. The van der Waals surface area contributed by atoms with Crippen LogP contribution < -0.4 is 10.5 Å². The number of nitrogens with zero attached hydrogens (tertiary/aromatic N) is 1. The summed E-state index contributed by atoms with van der Waals surface area (Å²) in [5.41, 5.74) is 8.23. The smallest absolute Gasteiger partial charge is 0.272 e. The van der Waals surface area contributed by atoms with Gasteiger partial charge in [0.2, 0.25) is 0 Å². The summed E-state index contributed by atoms with van der Waals surface area (Å²) in [5.74, 6) is 1.28. The van der Waals surface area contributed by atoms with Crippen LogP contribution in [0.15, 0.2) is 36.4 Å². The highest BCUT2D eigenvalue weighted by Gasteiger charge is 2.11. The third-order valence-electron chi connectivity index (χ3n) is 3.08. The van der Waals surface area contributed by atoms with Crippen molar-refractivity contribution in [3.8, 4) is 11.5 Å². The van der Waals surface area contributed by atoms with Crippen molar-refractivity contribution in [3.63, 3.8) is 0 Å². The van der Waals surface area contributed by atoms with E-state index in [2.05, 4.69) is 0 Å². The van der Waals surface area contributed by atoms with Gasteiger partial charge in [-0.2, -0.15) is 0 Å². The first-order valence-corrected chi connectivity index (χ1v) is 6.23. The fourth-order valence-electron chi connectivity index (χ4n) is 1.90. The number of benzene rings is 2. The number of ether oxygens (including phenoxy) is 1. The Kier molecular flexibility index (Phi) is 4.00. The fourth-order valence-corrected chi connectivity index (χ4v) is 1.90. The monoisotopic (exact) mass is 272 g/mol. The third-order valence-corrected chi connectivity index (χ3v) is 3.08. The zero-order valence-electron chi connectivity index (χ0n) is 11.4. The van der Waals surface area contributed by atoms with Gasteiger partial charge in [-0.1, -0.05) is 12.1 Å². The topological polar surface area (TPSA) is 78.4 Å². The van der Waals surface area contributed by atoms with Gasteiger partial charge >= 0.3 is 0 Å². The average molecular weight is 272 g/mol. The summed E-state index contributed by atoms with van der Waals surface area (Å²) in [5, 5.41) is 10.8. The van der Waals surface area contributed by atoms with Crippen molar-refractivity contribution in [2.45, 2.75) is 20.4 Å². The highest BCUT2D eigenvalue weighted by molar-refractivity contribution is 5.47. The summed E-state index contributed by atoms with van der Waals surface area (Å²) in [4.78, 5) is 10.4. The van der Waals surface area contributed by atoms with E-state index in [1.807, 2.05) is 25.1 Å². The molecule has 5 nitrogen and oxygen atoms in total. The molecule has 2 N–H and O–H groups in total. The summed E-state index contributed by atoms with van der Waals surface area (Å²) in [7, 11) is 0. The van der Waals surface area contributed by atoms with Gasteiger partial charge in [-0.15, -0.1) is 0 Å². The van der Waals surface area contributed by atoms with Crippen LogP contribution in [0.2, 0.25) is 0 Å². The van der Waals surface area contributed by atoms with Gasteiger partial charge in [-0.05, 0) is 43.2 Å². The van der Waals surface area contributed by atoms with Gasteiger partial charge in [-0.3, -0.25) is 10.1 Å². The van der Waals surface area contributed by atoms with Gasteiger partial charge in [0.25, 0.3) is 5.69 Å². The molecular formula is C15H16N2O3. The van der Waals surface area contributed by atoms with Gasteiger partial charge in [0.1, 0.15) is 11.5 Å². The van der Waals surface area contributed by atoms with Crippen LogP contribution in [0.25, 0.3) is 0 Å². The SMILES string of the molecule is Cc1ccc(CN)cc1Oc1ccc([N+](=O)[O-])c(C)c1. The van der Waals surface area contributed by atoms with Crippen LogP contribution in [0.1, 0.15) is 16.7 Å². The summed E-state index contributed by atoms with van der Waals surface area (Å²) in [6, 6.07) is 10.5. The van der Waals surface area contributed by atoms with Crippen molar-refractivity contribution in [1.82, 2.24) is 0 Å². The van der Waals surface area contributed by atoms with E-state index >= 15 is 0 Å². The zero-order chi connectivity index (χ0) is 14.7. The summed E-state index contributed by atoms with van der Waals surface area (Å²) >= 11 is 0. The van der Waals surface area contributed by atoms with E-state index in [0.717, 1.165) is 11.1 Å². The van der Waals surface area contributed by atoms with Crippen molar-refractivity contribution >= 4 is 5.69 Å². The third kappa shape index (κ3) is 2.95. The van der Waals surface area contributed by atoms with Crippen LogP contribution in [0.3, 0.4) is 0 Å². The molecule has 20 heavy (non-hydrogen) atoms. The van der Waals surface area contributed by atoms with E-state index in [0.29, 0.717) is 23.6 Å². The molecule has 0 fully saturated rings. The van der Waals surface area contributed by atoms with Gasteiger partial charge in [0, 0.05) is 18.2 Å². The molecular weight excluding hydrogens is 256 g/mol. The van der Waals surface area contributed by atoms with Crippen LogP contribution in [0.4, 0.5) is 5.69 Å². The molecule has 0 saturated carbocycles. The molecule has 0 aliphatic heterocycles. The van der Waals surface area contributed by atoms with Crippen LogP contribution in [-0.4, -0.2) is 4.92 Å². The first kappa shape index (κ1) is 14.0. The maximum absolute atomic E-state index is 10.8. The Morgan fingerprint density at radius 3 is 2.50 bits per heavy atom. The molecule has 0 atom stereocenters. The molecule has 0 spiro atoms. The van der Waals surface area contributed by atoms with E-state index < -0.39 is 4.92 Å². The molecule has 0 amide bonds. The van der Waals surface area contributed by atoms with Crippen molar-refractivity contribution < 1.29 is 9.66 Å². The van der Waals surface area contributed by atoms with Crippen LogP contribution >= 0.6 is 0 Å².